The predicted molar refractivity (Wildman–Crippen MR) is 73.1 cm³/mol. The monoisotopic (exact) mass is 282 g/mol. The largest absolute Gasteiger partial charge is 0.349 e. The van der Waals surface area contributed by atoms with Crippen LogP contribution in [0.25, 0.3) is 0 Å². The summed E-state index contributed by atoms with van der Waals surface area (Å²) in [5.41, 5.74) is 0.217. The highest BCUT2D eigenvalue weighted by Crippen LogP contribution is 2.22. The molecule has 2 rings (SSSR count). The van der Waals surface area contributed by atoms with Gasteiger partial charge in [0.15, 0.2) is 0 Å². The molecule has 3 nitrogen and oxygen atoms in total. The molecule has 0 saturated carbocycles. The molecule has 1 aromatic carbocycles. The molecule has 1 atom stereocenters. The van der Waals surface area contributed by atoms with E-state index in [-0.39, 0.29) is 17.4 Å². The summed E-state index contributed by atoms with van der Waals surface area (Å²) < 4.78 is 27.0. The van der Waals surface area contributed by atoms with Crippen LogP contribution in [0.3, 0.4) is 0 Å². The van der Waals surface area contributed by atoms with Crippen molar-refractivity contribution in [2.75, 3.05) is 13.1 Å². The maximum atomic E-state index is 13.8. The summed E-state index contributed by atoms with van der Waals surface area (Å²) in [6, 6.07) is 2.87. The normalized spacial score (nSPS) is 17.8. The van der Waals surface area contributed by atoms with Crippen LogP contribution < -0.4 is 10.6 Å². The van der Waals surface area contributed by atoms with Gasteiger partial charge in [-0.2, -0.15) is 0 Å². The number of rotatable bonds is 4. The van der Waals surface area contributed by atoms with Crippen molar-refractivity contribution in [3.05, 3.63) is 35.4 Å². The average molecular weight is 282 g/mol. The first-order valence-electron chi connectivity index (χ1n) is 7.08. The van der Waals surface area contributed by atoms with Gasteiger partial charge in [0.1, 0.15) is 11.6 Å². The topological polar surface area (TPSA) is 41.1 Å². The van der Waals surface area contributed by atoms with Gasteiger partial charge in [-0.05, 0) is 50.6 Å². The molecule has 1 fully saturated rings. The maximum absolute atomic E-state index is 13.8. The second-order valence-electron chi connectivity index (χ2n) is 5.16. The molecule has 1 aromatic rings. The van der Waals surface area contributed by atoms with Crippen LogP contribution in [0.2, 0.25) is 0 Å². The number of hydrogen-bond donors (Lipinski definition) is 2. The number of carbonyl (C=O) groups is 1. The Morgan fingerprint density at radius 2 is 2.10 bits per heavy atom. The molecule has 1 heterocycles. The molecule has 20 heavy (non-hydrogen) atoms. The predicted octanol–water partition coefficient (Wildman–Crippen LogP) is 2.53. The lowest BCUT2D eigenvalue weighted by Gasteiger charge is -2.25. The SMILES string of the molecule is CCC(NC(=O)C1CCNCC1)c1cc(F)ccc1F. The van der Waals surface area contributed by atoms with Crippen LogP contribution in [0.4, 0.5) is 8.78 Å². The van der Waals surface area contributed by atoms with Crippen LogP contribution in [-0.4, -0.2) is 19.0 Å². The van der Waals surface area contributed by atoms with Crippen molar-refractivity contribution in [2.24, 2.45) is 5.92 Å². The fraction of sp³-hybridized carbons (Fsp3) is 0.533. The first-order chi connectivity index (χ1) is 9.61. The molecule has 0 aromatic heterocycles. The summed E-state index contributed by atoms with van der Waals surface area (Å²) in [5.74, 6) is -1.08. The Morgan fingerprint density at radius 1 is 1.40 bits per heavy atom. The standard InChI is InChI=1S/C15H20F2N2O/c1-2-14(12-9-11(16)3-4-13(12)17)19-15(20)10-5-7-18-8-6-10/h3-4,9-10,14,18H,2,5-8H2,1H3,(H,19,20). The molecule has 0 radical (unpaired) electrons. The van der Waals surface area contributed by atoms with E-state index in [4.69, 9.17) is 0 Å². The van der Waals surface area contributed by atoms with E-state index in [0.717, 1.165) is 44.1 Å². The van der Waals surface area contributed by atoms with Crippen LogP contribution in [-0.2, 0) is 4.79 Å². The molecule has 1 unspecified atom stereocenters. The van der Waals surface area contributed by atoms with Crippen molar-refractivity contribution in [1.82, 2.24) is 10.6 Å². The lowest BCUT2D eigenvalue weighted by molar-refractivity contribution is -0.126. The van der Waals surface area contributed by atoms with E-state index in [0.29, 0.717) is 6.42 Å². The first-order valence-corrected chi connectivity index (χ1v) is 7.08. The fourth-order valence-corrected chi connectivity index (χ4v) is 2.56. The Balaban J connectivity index is 2.08. The van der Waals surface area contributed by atoms with E-state index in [9.17, 15) is 13.6 Å². The van der Waals surface area contributed by atoms with Gasteiger partial charge in [0.2, 0.25) is 5.91 Å². The van der Waals surface area contributed by atoms with Crippen molar-refractivity contribution in [1.29, 1.82) is 0 Å². The Hall–Kier alpha value is -1.49. The lowest BCUT2D eigenvalue weighted by Crippen LogP contribution is -2.39. The Kier molecular flexibility index (Phi) is 5.06. The maximum Gasteiger partial charge on any atom is 0.223 e. The Bertz CT molecular complexity index is 473. The molecular formula is C15H20F2N2O. The molecule has 1 aliphatic heterocycles. The molecule has 0 aliphatic carbocycles. The van der Waals surface area contributed by atoms with Gasteiger partial charge in [-0.15, -0.1) is 0 Å². The molecule has 0 bridgehead atoms. The van der Waals surface area contributed by atoms with E-state index < -0.39 is 17.7 Å². The zero-order chi connectivity index (χ0) is 14.5. The van der Waals surface area contributed by atoms with Crippen LogP contribution in [0, 0.1) is 17.6 Å². The molecule has 0 spiro atoms. The van der Waals surface area contributed by atoms with Crippen LogP contribution in [0.15, 0.2) is 18.2 Å². The Labute approximate surface area is 117 Å². The minimum atomic E-state index is -0.490. The fourth-order valence-electron chi connectivity index (χ4n) is 2.56. The summed E-state index contributed by atoms with van der Waals surface area (Å²) in [4.78, 5) is 12.2. The number of carbonyl (C=O) groups excluding carboxylic acids is 1. The van der Waals surface area contributed by atoms with Gasteiger partial charge in [0.05, 0.1) is 6.04 Å². The van der Waals surface area contributed by atoms with Gasteiger partial charge < -0.3 is 10.6 Å². The van der Waals surface area contributed by atoms with Crippen LogP contribution >= 0.6 is 0 Å². The summed E-state index contributed by atoms with van der Waals surface area (Å²) in [7, 11) is 0. The molecule has 1 saturated heterocycles. The third-order valence-corrected chi connectivity index (χ3v) is 3.77. The summed E-state index contributed by atoms with van der Waals surface area (Å²) >= 11 is 0. The van der Waals surface area contributed by atoms with Crippen molar-refractivity contribution < 1.29 is 13.6 Å². The number of nitrogens with one attached hydrogen (secondary N) is 2. The smallest absolute Gasteiger partial charge is 0.223 e. The number of piperidine rings is 1. The van der Waals surface area contributed by atoms with Crippen molar-refractivity contribution in [2.45, 2.75) is 32.2 Å². The van der Waals surface area contributed by atoms with E-state index in [1.165, 1.54) is 0 Å². The zero-order valence-corrected chi connectivity index (χ0v) is 11.6. The molecule has 110 valence electrons. The summed E-state index contributed by atoms with van der Waals surface area (Å²) in [6.45, 7) is 3.49. The third kappa shape index (κ3) is 3.54. The number of halogens is 2. The lowest BCUT2D eigenvalue weighted by atomic mass is 9.95. The number of benzene rings is 1. The minimum absolute atomic E-state index is 0.0399. The molecule has 2 N–H and O–H groups in total. The second kappa shape index (κ2) is 6.79. The van der Waals surface area contributed by atoms with Crippen molar-refractivity contribution in [3.8, 4) is 0 Å². The highest BCUT2D eigenvalue weighted by molar-refractivity contribution is 5.79. The molecule has 5 heteroatoms. The summed E-state index contributed by atoms with van der Waals surface area (Å²) in [5, 5.41) is 6.04. The highest BCUT2D eigenvalue weighted by atomic mass is 19.1. The van der Waals surface area contributed by atoms with E-state index in [2.05, 4.69) is 10.6 Å². The van der Waals surface area contributed by atoms with Gasteiger partial charge in [-0.1, -0.05) is 6.92 Å². The van der Waals surface area contributed by atoms with Gasteiger partial charge >= 0.3 is 0 Å². The number of hydrogen-bond acceptors (Lipinski definition) is 2. The Morgan fingerprint density at radius 3 is 2.75 bits per heavy atom. The van der Waals surface area contributed by atoms with Gasteiger partial charge in [-0.3, -0.25) is 4.79 Å². The van der Waals surface area contributed by atoms with Gasteiger partial charge in [-0.25, -0.2) is 8.78 Å². The highest BCUT2D eigenvalue weighted by Gasteiger charge is 2.24. The van der Waals surface area contributed by atoms with E-state index in [1.807, 2.05) is 6.92 Å². The molecule has 1 amide bonds. The second-order valence-corrected chi connectivity index (χ2v) is 5.16. The van der Waals surface area contributed by atoms with E-state index >= 15 is 0 Å². The molecule has 1 aliphatic rings. The van der Waals surface area contributed by atoms with Gasteiger partial charge in [0, 0.05) is 11.5 Å². The van der Waals surface area contributed by atoms with Crippen molar-refractivity contribution >= 4 is 5.91 Å². The van der Waals surface area contributed by atoms with Crippen LogP contribution in [0.1, 0.15) is 37.8 Å². The van der Waals surface area contributed by atoms with Crippen molar-refractivity contribution in [3.63, 3.8) is 0 Å². The average Bonchev–Trinajstić information content (AvgIpc) is 2.48. The minimum Gasteiger partial charge on any atom is -0.349 e. The zero-order valence-electron chi connectivity index (χ0n) is 11.6. The third-order valence-electron chi connectivity index (χ3n) is 3.77. The quantitative estimate of drug-likeness (QED) is 0.891. The van der Waals surface area contributed by atoms with E-state index in [1.54, 1.807) is 0 Å². The van der Waals surface area contributed by atoms with Crippen LogP contribution in [0.5, 0.6) is 0 Å². The van der Waals surface area contributed by atoms with Gasteiger partial charge in [0.25, 0.3) is 0 Å². The molecular weight excluding hydrogens is 262 g/mol. The first kappa shape index (κ1) is 14.9. The summed E-state index contributed by atoms with van der Waals surface area (Å²) in [6.07, 6.45) is 2.10. The number of amides is 1.